The van der Waals surface area contributed by atoms with E-state index in [1.807, 2.05) is 30.3 Å². The zero-order valence-corrected chi connectivity index (χ0v) is 19.4. The Morgan fingerprint density at radius 1 is 0.909 bits per heavy atom. The highest BCUT2D eigenvalue weighted by molar-refractivity contribution is 7.89. The Hall–Kier alpha value is -2.75. The van der Waals surface area contributed by atoms with E-state index in [9.17, 15) is 18.0 Å². The molecule has 33 heavy (non-hydrogen) atoms. The minimum absolute atomic E-state index is 0.00946. The summed E-state index contributed by atoms with van der Waals surface area (Å²) in [5, 5.41) is 5.91. The molecule has 2 saturated heterocycles. The van der Waals surface area contributed by atoms with E-state index >= 15 is 0 Å². The topological polar surface area (TPSA) is 98.8 Å². The number of nitrogens with zero attached hydrogens (tertiary/aromatic N) is 2. The molecule has 176 valence electrons. The van der Waals surface area contributed by atoms with Gasteiger partial charge >= 0.3 is 0 Å². The summed E-state index contributed by atoms with van der Waals surface area (Å²) < 4.78 is 27.1. The molecule has 0 aliphatic carbocycles. The van der Waals surface area contributed by atoms with Crippen molar-refractivity contribution in [3.05, 3.63) is 60.2 Å². The molecule has 0 atom stereocenters. The van der Waals surface area contributed by atoms with Crippen molar-refractivity contribution < 1.29 is 18.0 Å². The van der Waals surface area contributed by atoms with Crippen LogP contribution >= 0.6 is 0 Å². The number of hydrogen-bond acceptors (Lipinski definition) is 5. The van der Waals surface area contributed by atoms with Crippen LogP contribution in [0, 0.1) is 0 Å². The maximum absolute atomic E-state index is 12.8. The first kappa shape index (κ1) is 23.4. The fourth-order valence-corrected chi connectivity index (χ4v) is 5.87. The Balaban J connectivity index is 1.27. The van der Waals surface area contributed by atoms with Gasteiger partial charge < -0.3 is 10.6 Å². The van der Waals surface area contributed by atoms with Gasteiger partial charge in [-0.3, -0.25) is 14.5 Å². The maximum atomic E-state index is 12.8. The molecule has 0 bridgehead atoms. The lowest BCUT2D eigenvalue weighted by Gasteiger charge is -2.31. The highest BCUT2D eigenvalue weighted by atomic mass is 32.2. The van der Waals surface area contributed by atoms with Crippen LogP contribution in [0.4, 0.5) is 5.69 Å². The summed E-state index contributed by atoms with van der Waals surface area (Å²) in [6.45, 7) is 2.78. The van der Waals surface area contributed by atoms with E-state index in [1.54, 1.807) is 18.2 Å². The van der Waals surface area contributed by atoms with E-state index in [2.05, 4.69) is 15.5 Å². The predicted molar refractivity (Wildman–Crippen MR) is 126 cm³/mol. The fourth-order valence-electron chi connectivity index (χ4n) is 4.30. The molecule has 9 heteroatoms. The quantitative estimate of drug-likeness (QED) is 0.647. The highest BCUT2D eigenvalue weighted by Gasteiger charge is 2.28. The number of hydrogen-bond donors (Lipinski definition) is 2. The van der Waals surface area contributed by atoms with Crippen LogP contribution in [0.15, 0.2) is 59.5 Å². The van der Waals surface area contributed by atoms with Gasteiger partial charge in [0.05, 0.1) is 11.4 Å². The van der Waals surface area contributed by atoms with Gasteiger partial charge in [-0.25, -0.2) is 8.42 Å². The summed E-state index contributed by atoms with van der Waals surface area (Å²) in [5.74, 6) is -0.326. The van der Waals surface area contributed by atoms with Gasteiger partial charge in [0, 0.05) is 43.5 Å². The molecule has 2 aromatic carbocycles. The second-order valence-electron chi connectivity index (χ2n) is 8.58. The van der Waals surface area contributed by atoms with Crippen molar-refractivity contribution in [2.45, 2.75) is 36.6 Å². The molecule has 2 fully saturated rings. The Kier molecular flexibility index (Phi) is 7.42. The van der Waals surface area contributed by atoms with Gasteiger partial charge in [-0.15, -0.1) is 0 Å². The van der Waals surface area contributed by atoms with E-state index in [0.29, 0.717) is 38.3 Å². The molecule has 2 amide bonds. The molecule has 2 heterocycles. The van der Waals surface area contributed by atoms with Crippen LogP contribution < -0.4 is 10.6 Å². The van der Waals surface area contributed by atoms with Gasteiger partial charge in [-0.2, -0.15) is 4.31 Å². The third-order valence-electron chi connectivity index (χ3n) is 6.15. The lowest BCUT2D eigenvalue weighted by molar-refractivity contribution is -0.117. The molecule has 2 aliphatic rings. The molecule has 0 unspecified atom stereocenters. The first-order valence-corrected chi connectivity index (χ1v) is 12.8. The number of piperidine rings is 1. The average molecular weight is 471 g/mol. The SMILES string of the molecule is O=C(CN1CCC(NC(=O)c2cccc(S(=O)(=O)N3CCCC3)c2)CC1)Nc1ccccc1. The van der Waals surface area contributed by atoms with Gasteiger partial charge in [0.2, 0.25) is 15.9 Å². The number of nitrogens with one attached hydrogen (secondary N) is 2. The van der Waals surface area contributed by atoms with E-state index in [1.165, 1.54) is 10.4 Å². The Bertz CT molecular complexity index is 1080. The number of carbonyl (C=O) groups is 2. The van der Waals surface area contributed by atoms with Crippen molar-refractivity contribution in [1.29, 1.82) is 0 Å². The number of likely N-dealkylation sites (tertiary alicyclic amines) is 1. The van der Waals surface area contributed by atoms with Crippen LogP contribution in [0.1, 0.15) is 36.0 Å². The number of sulfonamides is 1. The van der Waals surface area contributed by atoms with Crippen LogP contribution in [0.5, 0.6) is 0 Å². The second kappa shape index (κ2) is 10.5. The average Bonchev–Trinajstić information content (AvgIpc) is 3.37. The summed E-state index contributed by atoms with van der Waals surface area (Å²) >= 11 is 0. The Morgan fingerprint density at radius 3 is 2.30 bits per heavy atom. The minimum atomic E-state index is -3.56. The first-order chi connectivity index (χ1) is 15.9. The van der Waals surface area contributed by atoms with E-state index in [4.69, 9.17) is 0 Å². The molecule has 0 radical (unpaired) electrons. The molecular formula is C24H30N4O4S. The fraction of sp³-hybridized carbons (Fsp3) is 0.417. The summed E-state index contributed by atoms with van der Waals surface area (Å²) in [4.78, 5) is 27.3. The Morgan fingerprint density at radius 2 is 1.61 bits per heavy atom. The Labute approximate surface area is 195 Å². The zero-order valence-electron chi connectivity index (χ0n) is 18.6. The monoisotopic (exact) mass is 470 g/mol. The number of para-hydroxylation sites is 1. The number of carbonyl (C=O) groups excluding carboxylic acids is 2. The largest absolute Gasteiger partial charge is 0.349 e. The number of benzene rings is 2. The van der Waals surface area contributed by atoms with Crippen molar-refractivity contribution in [3.63, 3.8) is 0 Å². The standard InChI is InChI=1S/C24H30N4O4S/c29-23(25-20-8-2-1-3-9-20)18-27-15-11-21(12-16-27)26-24(30)19-7-6-10-22(17-19)33(31,32)28-13-4-5-14-28/h1-3,6-10,17,21H,4-5,11-16,18H2,(H,25,29)(H,26,30). The number of amides is 2. The molecule has 0 saturated carbocycles. The minimum Gasteiger partial charge on any atom is -0.349 e. The van der Waals surface area contributed by atoms with Crippen LogP contribution in [0.25, 0.3) is 0 Å². The first-order valence-electron chi connectivity index (χ1n) is 11.4. The molecular weight excluding hydrogens is 440 g/mol. The predicted octanol–water partition coefficient (Wildman–Crippen LogP) is 2.30. The third-order valence-corrected chi connectivity index (χ3v) is 8.04. The normalized spacial score (nSPS) is 18.2. The summed E-state index contributed by atoms with van der Waals surface area (Å²) in [7, 11) is -3.56. The zero-order chi connectivity index (χ0) is 23.3. The highest BCUT2D eigenvalue weighted by Crippen LogP contribution is 2.22. The van der Waals surface area contributed by atoms with Crippen molar-refractivity contribution in [3.8, 4) is 0 Å². The van der Waals surface area contributed by atoms with Crippen molar-refractivity contribution in [1.82, 2.24) is 14.5 Å². The van der Waals surface area contributed by atoms with Crippen LogP contribution in [-0.2, 0) is 14.8 Å². The van der Waals surface area contributed by atoms with Gasteiger partial charge in [0.1, 0.15) is 0 Å². The molecule has 8 nitrogen and oxygen atoms in total. The lowest BCUT2D eigenvalue weighted by Crippen LogP contribution is -2.46. The molecule has 0 spiro atoms. The van der Waals surface area contributed by atoms with Crippen LogP contribution in [0.3, 0.4) is 0 Å². The van der Waals surface area contributed by atoms with E-state index in [-0.39, 0.29) is 22.8 Å². The molecule has 4 rings (SSSR count). The number of rotatable bonds is 7. The molecule has 2 aromatic rings. The van der Waals surface area contributed by atoms with Crippen LogP contribution in [0.2, 0.25) is 0 Å². The van der Waals surface area contributed by atoms with Gasteiger partial charge in [-0.1, -0.05) is 24.3 Å². The van der Waals surface area contributed by atoms with Crippen molar-refractivity contribution >= 4 is 27.5 Å². The maximum Gasteiger partial charge on any atom is 0.251 e. The smallest absolute Gasteiger partial charge is 0.251 e. The number of anilines is 1. The second-order valence-corrected chi connectivity index (χ2v) is 10.5. The molecule has 0 aromatic heterocycles. The molecule has 2 aliphatic heterocycles. The van der Waals surface area contributed by atoms with Crippen molar-refractivity contribution in [2.75, 3.05) is 38.0 Å². The lowest BCUT2D eigenvalue weighted by atomic mass is 10.0. The van der Waals surface area contributed by atoms with E-state index in [0.717, 1.165) is 31.4 Å². The van der Waals surface area contributed by atoms with Crippen LogP contribution in [-0.4, -0.2) is 68.2 Å². The van der Waals surface area contributed by atoms with Gasteiger partial charge in [-0.05, 0) is 56.0 Å². The summed E-state index contributed by atoms with van der Waals surface area (Å²) in [6, 6.07) is 15.6. The van der Waals surface area contributed by atoms with Gasteiger partial charge in [0.25, 0.3) is 5.91 Å². The third kappa shape index (κ3) is 5.98. The van der Waals surface area contributed by atoms with Crippen molar-refractivity contribution in [2.24, 2.45) is 0 Å². The van der Waals surface area contributed by atoms with Gasteiger partial charge in [0.15, 0.2) is 0 Å². The van der Waals surface area contributed by atoms with E-state index < -0.39 is 10.0 Å². The molecule has 2 N–H and O–H groups in total. The summed E-state index contributed by atoms with van der Waals surface area (Å²) in [6.07, 6.45) is 3.20. The summed E-state index contributed by atoms with van der Waals surface area (Å²) in [5.41, 5.74) is 1.12.